The molecule has 0 aromatic carbocycles. The Morgan fingerprint density at radius 2 is 2.15 bits per heavy atom. The van der Waals surface area contributed by atoms with E-state index in [4.69, 9.17) is 11.8 Å². The molecule has 3 N–H and O–H groups in total. The minimum absolute atomic E-state index is 0.743. The third-order valence-corrected chi connectivity index (χ3v) is 1.57. The molecule has 0 radical (unpaired) electrons. The van der Waals surface area contributed by atoms with Crippen molar-refractivity contribution in [3.05, 3.63) is 11.9 Å². The minimum Gasteiger partial charge on any atom is -0.371 e. The third-order valence-electron chi connectivity index (χ3n) is 1.41. The quantitative estimate of drug-likeness (QED) is 0.579. The summed E-state index contributed by atoms with van der Waals surface area (Å²) in [6.45, 7) is 5.67. The Hall–Kier alpha value is -1.10. The topological polar surface area (TPSA) is 51.7 Å². The van der Waals surface area contributed by atoms with Crippen LogP contribution in [0.15, 0.2) is 17.0 Å². The molecule has 0 aliphatic carbocycles. The van der Waals surface area contributed by atoms with Crippen molar-refractivity contribution < 1.29 is 0 Å². The molecule has 5 nitrogen and oxygen atoms in total. The van der Waals surface area contributed by atoms with Gasteiger partial charge in [0, 0.05) is 19.2 Å². The van der Waals surface area contributed by atoms with Gasteiger partial charge in [0.15, 0.2) is 5.84 Å². The zero-order chi connectivity index (χ0) is 9.68. The highest BCUT2D eigenvalue weighted by molar-refractivity contribution is 6.14. The van der Waals surface area contributed by atoms with Crippen LogP contribution in [-0.4, -0.2) is 23.6 Å². The van der Waals surface area contributed by atoms with Gasteiger partial charge in [-0.1, -0.05) is 0 Å². The second-order valence-electron chi connectivity index (χ2n) is 2.48. The highest BCUT2D eigenvalue weighted by Gasteiger charge is 2.08. The summed E-state index contributed by atoms with van der Waals surface area (Å²) < 4.78 is 1.15. The minimum atomic E-state index is 0.743. The summed E-state index contributed by atoms with van der Waals surface area (Å²) in [5, 5.41) is 10.2. The maximum absolute atomic E-state index is 5.69. The first kappa shape index (κ1) is 9.98. The SMILES string of the molecule is CCNC1=CC(NCC)=NN(Cl)N1. The Labute approximate surface area is 82.9 Å². The summed E-state index contributed by atoms with van der Waals surface area (Å²) in [5.41, 5.74) is 2.83. The fraction of sp³-hybridized carbons (Fsp3) is 0.571. The molecule has 74 valence electrons. The molecule has 6 heteroatoms. The van der Waals surface area contributed by atoms with Gasteiger partial charge in [-0.3, -0.25) is 5.43 Å². The monoisotopic (exact) mass is 203 g/mol. The Morgan fingerprint density at radius 3 is 2.77 bits per heavy atom. The molecule has 0 saturated carbocycles. The maximum Gasteiger partial charge on any atom is 0.153 e. The molecule has 0 unspecified atom stereocenters. The van der Waals surface area contributed by atoms with Gasteiger partial charge < -0.3 is 10.6 Å². The first-order chi connectivity index (χ1) is 6.26. The fourth-order valence-corrected chi connectivity index (χ4v) is 1.14. The van der Waals surface area contributed by atoms with Gasteiger partial charge in [-0.25, -0.2) is 0 Å². The molecule has 0 spiro atoms. The fourth-order valence-electron chi connectivity index (χ4n) is 0.965. The molecular weight excluding hydrogens is 190 g/mol. The van der Waals surface area contributed by atoms with E-state index in [9.17, 15) is 0 Å². The molecule has 1 aliphatic rings. The van der Waals surface area contributed by atoms with Crippen molar-refractivity contribution in [1.82, 2.24) is 20.7 Å². The number of nitrogens with one attached hydrogen (secondary N) is 3. The predicted octanol–water partition coefficient (Wildman–Crippen LogP) is 0.334. The van der Waals surface area contributed by atoms with E-state index in [1.54, 1.807) is 0 Å². The molecule has 0 saturated heterocycles. The van der Waals surface area contributed by atoms with Crippen molar-refractivity contribution in [3.63, 3.8) is 0 Å². The Balaban J connectivity index is 2.61. The average Bonchev–Trinajstić information content (AvgIpc) is 2.04. The van der Waals surface area contributed by atoms with E-state index in [1.165, 1.54) is 0 Å². The molecule has 1 aliphatic heterocycles. The molecule has 0 atom stereocenters. The van der Waals surface area contributed by atoms with E-state index >= 15 is 0 Å². The Bertz CT molecular complexity index is 225. The number of likely N-dealkylation sites (N-methyl/N-ethyl adjacent to an activating group) is 1. The third kappa shape index (κ3) is 3.02. The number of hydrogen-bond donors (Lipinski definition) is 3. The molecule has 0 bridgehead atoms. The van der Waals surface area contributed by atoms with Crippen LogP contribution in [0.2, 0.25) is 0 Å². The number of rotatable bonds is 3. The number of amidine groups is 1. The van der Waals surface area contributed by atoms with Crippen LogP contribution in [0.25, 0.3) is 0 Å². The summed E-state index contributed by atoms with van der Waals surface area (Å²) in [4.78, 5) is 0. The van der Waals surface area contributed by atoms with Gasteiger partial charge in [0.1, 0.15) is 5.82 Å². The normalized spacial score (nSPS) is 15.8. The van der Waals surface area contributed by atoms with Gasteiger partial charge in [0.25, 0.3) is 0 Å². The van der Waals surface area contributed by atoms with E-state index in [0.717, 1.165) is 29.4 Å². The van der Waals surface area contributed by atoms with Crippen LogP contribution in [-0.2, 0) is 0 Å². The van der Waals surface area contributed by atoms with Crippen molar-refractivity contribution in [3.8, 4) is 0 Å². The van der Waals surface area contributed by atoms with Crippen LogP contribution in [0, 0.1) is 0 Å². The Morgan fingerprint density at radius 1 is 1.46 bits per heavy atom. The molecule has 0 fully saturated rings. The molecule has 0 aromatic heterocycles. The average molecular weight is 204 g/mol. The Kier molecular flexibility index (Phi) is 3.70. The van der Waals surface area contributed by atoms with Crippen LogP contribution in [0.1, 0.15) is 13.8 Å². The lowest BCUT2D eigenvalue weighted by atomic mass is 10.4. The number of nitrogens with zero attached hydrogens (tertiary/aromatic N) is 2. The van der Waals surface area contributed by atoms with E-state index in [-0.39, 0.29) is 0 Å². The lowest BCUT2D eigenvalue weighted by molar-refractivity contribution is 0.374. The van der Waals surface area contributed by atoms with Gasteiger partial charge in [-0.15, -0.1) is 9.74 Å². The lowest BCUT2D eigenvalue weighted by Gasteiger charge is -2.21. The second kappa shape index (κ2) is 4.81. The smallest absolute Gasteiger partial charge is 0.153 e. The van der Waals surface area contributed by atoms with Crippen LogP contribution in [0.4, 0.5) is 0 Å². The lowest BCUT2D eigenvalue weighted by Crippen LogP contribution is -2.40. The first-order valence-electron chi connectivity index (χ1n) is 4.26. The molecule has 1 rings (SSSR count). The summed E-state index contributed by atoms with van der Waals surface area (Å²) >= 11 is 5.69. The highest BCUT2D eigenvalue weighted by Crippen LogP contribution is 2.00. The molecule has 0 amide bonds. The van der Waals surface area contributed by atoms with Crippen LogP contribution >= 0.6 is 11.8 Å². The zero-order valence-electron chi connectivity index (χ0n) is 7.76. The number of hydrogen-bond acceptors (Lipinski definition) is 5. The van der Waals surface area contributed by atoms with Gasteiger partial charge in [-0.05, 0) is 13.8 Å². The van der Waals surface area contributed by atoms with E-state index < -0.39 is 0 Å². The second-order valence-corrected chi connectivity index (χ2v) is 2.80. The summed E-state index contributed by atoms with van der Waals surface area (Å²) in [6.07, 6.45) is 1.87. The van der Waals surface area contributed by atoms with Crippen molar-refractivity contribution in [2.45, 2.75) is 13.8 Å². The molecule has 1 heterocycles. The number of halogens is 1. The van der Waals surface area contributed by atoms with Crippen LogP contribution < -0.4 is 16.1 Å². The number of hydrazine groups is 1. The molecule has 0 aromatic rings. The van der Waals surface area contributed by atoms with Crippen molar-refractivity contribution in [2.75, 3.05) is 13.1 Å². The van der Waals surface area contributed by atoms with E-state index in [1.807, 2.05) is 19.9 Å². The zero-order valence-corrected chi connectivity index (χ0v) is 8.52. The molecule has 13 heavy (non-hydrogen) atoms. The predicted molar refractivity (Wildman–Crippen MR) is 53.7 cm³/mol. The largest absolute Gasteiger partial charge is 0.371 e. The summed E-state index contributed by atoms with van der Waals surface area (Å²) in [7, 11) is 0. The van der Waals surface area contributed by atoms with Crippen molar-refractivity contribution in [2.24, 2.45) is 5.10 Å². The maximum atomic E-state index is 5.69. The standard InChI is InChI=1S/C7H14ClN5/c1-3-9-6-5-7(10-4-2)12-13(8)11-6/h5,9,11H,3-4H2,1-2H3,(H,10,12). The summed E-state index contributed by atoms with van der Waals surface area (Å²) in [5.74, 6) is 1.58. The van der Waals surface area contributed by atoms with Crippen molar-refractivity contribution in [1.29, 1.82) is 0 Å². The van der Waals surface area contributed by atoms with E-state index in [2.05, 4.69) is 21.2 Å². The summed E-state index contributed by atoms with van der Waals surface area (Å²) in [6, 6.07) is 0. The van der Waals surface area contributed by atoms with Gasteiger partial charge in [0.2, 0.25) is 0 Å². The highest BCUT2D eigenvalue weighted by atomic mass is 35.5. The van der Waals surface area contributed by atoms with Crippen molar-refractivity contribution >= 4 is 17.6 Å². The van der Waals surface area contributed by atoms with Crippen LogP contribution in [0.5, 0.6) is 0 Å². The van der Waals surface area contributed by atoms with Gasteiger partial charge in [-0.2, -0.15) is 0 Å². The molecular formula is C7H14ClN5. The van der Waals surface area contributed by atoms with Gasteiger partial charge >= 0.3 is 0 Å². The van der Waals surface area contributed by atoms with Crippen LogP contribution in [0.3, 0.4) is 0 Å². The number of hydrazone groups is 1. The van der Waals surface area contributed by atoms with Gasteiger partial charge in [0.05, 0.1) is 11.8 Å². The van der Waals surface area contributed by atoms with E-state index in [0.29, 0.717) is 0 Å². The first-order valence-corrected chi connectivity index (χ1v) is 4.60.